The van der Waals surface area contributed by atoms with Crippen molar-refractivity contribution in [1.29, 1.82) is 0 Å². The number of rotatable bonds is 2. The highest BCUT2D eigenvalue weighted by molar-refractivity contribution is 9.10. The standard InChI is InChI=1S/C10H11BrO2/c1-3-8(12)7-4-5-9(13)6(2)10(7)11/h4-5,13H,3H2,1-2H3. The molecule has 1 rings (SSSR count). The molecule has 0 aliphatic rings. The largest absolute Gasteiger partial charge is 0.508 e. The average molecular weight is 243 g/mol. The highest BCUT2D eigenvalue weighted by Gasteiger charge is 2.11. The topological polar surface area (TPSA) is 37.3 Å². The minimum atomic E-state index is 0.0787. The quantitative estimate of drug-likeness (QED) is 0.810. The van der Waals surface area contributed by atoms with Crippen LogP contribution in [0, 0.1) is 6.92 Å². The van der Waals surface area contributed by atoms with E-state index in [1.807, 2.05) is 6.92 Å². The number of phenols is 1. The Morgan fingerprint density at radius 3 is 2.69 bits per heavy atom. The molecule has 0 amide bonds. The van der Waals surface area contributed by atoms with Crippen molar-refractivity contribution >= 4 is 21.7 Å². The number of carbonyl (C=O) groups is 1. The van der Waals surface area contributed by atoms with E-state index in [2.05, 4.69) is 15.9 Å². The summed E-state index contributed by atoms with van der Waals surface area (Å²) in [5.74, 6) is 0.287. The summed E-state index contributed by atoms with van der Waals surface area (Å²) in [5.41, 5.74) is 1.34. The van der Waals surface area contributed by atoms with Gasteiger partial charge in [-0.1, -0.05) is 6.92 Å². The number of hydrogen-bond donors (Lipinski definition) is 1. The Morgan fingerprint density at radius 2 is 2.15 bits per heavy atom. The molecule has 0 atom stereocenters. The number of Topliss-reactive ketones (excluding diaryl/α,β-unsaturated/α-hetero) is 1. The second kappa shape index (κ2) is 3.92. The highest BCUT2D eigenvalue weighted by Crippen LogP contribution is 2.29. The molecule has 3 heteroatoms. The lowest BCUT2D eigenvalue weighted by Gasteiger charge is -2.06. The number of aromatic hydroxyl groups is 1. The SMILES string of the molecule is CCC(=O)c1ccc(O)c(C)c1Br. The van der Waals surface area contributed by atoms with E-state index in [1.54, 1.807) is 19.1 Å². The first-order valence-corrected chi connectivity index (χ1v) is 4.88. The Balaban J connectivity index is 3.26. The summed E-state index contributed by atoms with van der Waals surface area (Å²) in [5, 5.41) is 9.34. The van der Waals surface area contributed by atoms with Gasteiger partial charge in [0.2, 0.25) is 0 Å². The van der Waals surface area contributed by atoms with E-state index in [9.17, 15) is 9.90 Å². The molecule has 0 aromatic heterocycles. The molecule has 1 aromatic carbocycles. The second-order valence-corrected chi connectivity index (χ2v) is 3.64. The second-order valence-electron chi connectivity index (χ2n) is 2.85. The van der Waals surface area contributed by atoms with E-state index in [1.165, 1.54) is 0 Å². The molecule has 70 valence electrons. The molecule has 2 nitrogen and oxygen atoms in total. The normalized spacial score (nSPS) is 10.1. The molecule has 1 N–H and O–H groups in total. The van der Waals surface area contributed by atoms with Crippen molar-refractivity contribution in [3.05, 3.63) is 27.7 Å². The van der Waals surface area contributed by atoms with Crippen molar-refractivity contribution in [3.63, 3.8) is 0 Å². The number of hydrogen-bond acceptors (Lipinski definition) is 2. The van der Waals surface area contributed by atoms with Gasteiger partial charge in [-0.15, -0.1) is 0 Å². The molecule has 0 fully saturated rings. The third-order valence-electron chi connectivity index (χ3n) is 1.98. The Kier molecular flexibility index (Phi) is 3.09. The maximum absolute atomic E-state index is 11.4. The lowest BCUT2D eigenvalue weighted by Crippen LogP contribution is -1.98. The monoisotopic (exact) mass is 242 g/mol. The van der Waals surface area contributed by atoms with Gasteiger partial charge in [0.15, 0.2) is 5.78 Å². The zero-order valence-corrected chi connectivity index (χ0v) is 9.18. The van der Waals surface area contributed by atoms with Crippen molar-refractivity contribution in [3.8, 4) is 5.75 Å². The third-order valence-corrected chi connectivity index (χ3v) is 3.00. The van der Waals surface area contributed by atoms with Crippen molar-refractivity contribution in [2.75, 3.05) is 0 Å². The van der Waals surface area contributed by atoms with Crippen molar-refractivity contribution in [2.24, 2.45) is 0 Å². The van der Waals surface area contributed by atoms with Gasteiger partial charge in [0.05, 0.1) is 0 Å². The molecule has 0 saturated heterocycles. The van der Waals surface area contributed by atoms with E-state index in [-0.39, 0.29) is 11.5 Å². The number of carbonyl (C=O) groups excluding carboxylic acids is 1. The van der Waals surface area contributed by atoms with E-state index >= 15 is 0 Å². The van der Waals surface area contributed by atoms with Crippen LogP contribution in [0.2, 0.25) is 0 Å². The maximum Gasteiger partial charge on any atom is 0.163 e. The number of halogens is 1. The van der Waals surface area contributed by atoms with Crippen LogP contribution in [-0.2, 0) is 0 Å². The molecular weight excluding hydrogens is 232 g/mol. The first-order chi connectivity index (χ1) is 6.07. The lowest BCUT2D eigenvalue weighted by atomic mass is 10.1. The third kappa shape index (κ3) is 1.91. The van der Waals surface area contributed by atoms with E-state index in [0.717, 1.165) is 0 Å². The molecule has 0 unspecified atom stereocenters. The van der Waals surface area contributed by atoms with Gasteiger partial charge in [0.1, 0.15) is 5.75 Å². The summed E-state index contributed by atoms with van der Waals surface area (Å²) in [6.45, 7) is 3.59. The van der Waals surface area contributed by atoms with Gasteiger partial charge in [0.25, 0.3) is 0 Å². The molecule has 0 saturated carbocycles. The number of benzene rings is 1. The molecule has 13 heavy (non-hydrogen) atoms. The van der Waals surface area contributed by atoms with Crippen LogP contribution in [0.5, 0.6) is 5.75 Å². The summed E-state index contributed by atoms with van der Waals surface area (Å²) in [6, 6.07) is 3.18. The molecule has 0 aliphatic heterocycles. The molecule has 0 bridgehead atoms. The summed E-state index contributed by atoms with van der Waals surface area (Å²) in [6.07, 6.45) is 0.475. The molecule has 0 heterocycles. The first kappa shape index (κ1) is 10.3. The van der Waals surface area contributed by atoms with Crippen LogP contribution in [0.4, 0.5) is 0 Å². The van der Waals surface area contributed by atoms with E-state index in [0.29, 0.717) is 22.0 Å². The number of ketones is 1. The predicted molar refractivity (Wildman–Crippen MR) is 55.2 cm³/mol. The Morgan fingerprint density at radius 1 is 1.54 bits per heavy atom. The summed E-state index contributed by atoms with van der Waals surface area (Å²) < 4.78 is 0.694. The van der Waals surface area contributed by atoms with Crippen LogP contribution in [-0.4, -0.2) is 10.9 Å². The van der Waals surface area contributed by atoms with Crippen LogP contribution in [0.1, 0.15) is 29.3 Å². The van der Waals surface area contributed by atoms with Crippen LogP contribution >= 0.6 is 15.9 Å². The van der Waals surface area contributed by atoms with Gasteiger partial charge < -0.3 is 5.11 Å². The fourth-order valence-corrected chi connectivity index (χ4v) is 1.64. The van der Waals surface area contributed by atoms with Crippen LogP contribution in [0.25, 0.3) is 0 Å². The number of phenolic OH excluding ortho intramolecular Hbond substituents is 1. The van der Waals surface area contributed by atoms with E-state index < -0.39 is 0 Å². The molecular formula is C10H11BrO2. The van der Waals surface area contributed by atoms with Crippen molar-refractivity contribution < 1.29 is 9.90 Å². The molecule has 0 radical (unpaired) electrons. The lowest BCUT2D eigenvalue weighted by molar-refractivity contribution is 0.0987. The minimum Gasteiger partial charge on any atom is -0.508 e. The Hall–Kier alpha value is -0.830. The summed E-state index contributed by atoms with van der Waals surface area (Å²) in [4.78, 5) is 11.4. The zero-order valence-electron chi connectivity index (χ0n) is 7.60. The van der Waals surface area contributed by atoms with Crippen LogP contribution in [0.3, 0.4) is 0 Å². The fraction of sp³-hybridized carbons (Fsp3) is 0.300. The average Bonchev–Trinajstić information content (AvgIpc) is 2.13. The summed E-state index contributed by atoms with van der Waals surface area (Å²) in [7, 11) is 0. The minimum absolute atomic E-state index is 0.0787. The van der Waals surface area contributed by atoms with Crippen molar-refractivity contribution in [1.82, 2.24) is 0 Å². The van der Waals surface area contributed by atoms with Gasteiger partial charge in [-0.25, -0.2) is 0 Å². The Bertz CT molecular complexity index is 345. The fourth-order valence-electron chi connectivity index (χ4n) is 1.08. The summed E-state index contributed by atoms with van der Waals surface area (Å²) >= 11 is 3.29. The Labute approximate surface area is 85.7 Å². The van der Waals surface area contributed by atoms with Gasteiger partial charge in [0, 0.05) is 22.0 Å². The molecule has 1 aromatic rings. The van der Waals surface area contributed by atoms with Gasteiger partial charge >= 0.3 is 0 Å². The van der Waals surface area contributed by atoms with Gasteiger partial charge in [-0.3, -0.25) is 4.79 Å². The molecule has 0 spiro atoms. The maximum atomic E-state index is 11.4. The first-order valence-electron chi connectivity index (χ1n) is 4.09. The van der Waals surface area contributed by atoms with E-state index in [4.69, 9.17) is 0 Å². The highest BCUT2D eigenvalue weighted by atomic mass is 79.9. The molecule has 0 aliphatic carbocycles. The van der Waals surface area contributed by atoms with Crippen LogP contribution < -0.4 is 0 Å². The van der Waals surface area contributed by atoms with Gasteiger partial charge in [-0.2, -0.15) is 0 Å². The zero-order chi connectivity index (χ0) is 10.0. The van der Waals surface area contributed by atoms with Crippen molar-refractivity contribution in [2.45, 2.75) is 20.3 Å². The van der Waals surface area contributed by atoms with Crippen LogP contribution in [0.15, 0.2) is 16.6 Å². The van der Waals surface area contributed by atoms with Gasteiger partial charge in [-0.05, 0) is 35.0 Å². The predicted octanol–water partition coefficient (Wildman–Crippen LogP) is 3.06. The smallest absolute Gasteiger partial charge is 0.163 e.